The summed E-state index contributed by atoms with van der Waals surface area (Å²) in [4.78, 5) is 13.1. The third kappa shape index (κ3) is 10.7. The number of esters is 1. The van der Waals surface area contributed by atoms with E-state index in [1.807, 2.05) is 74.5 Å². The molecule has 0 aliphatic heterocycles. The zero-order valence-electron chi connectivity index (χ0n) is 21.9. The van der Waals surface area contributed by atoms with Gasteiger partial charge < -0.3 is 14.2 Å². The lowest BCUT2D eigenvalue weighted by molar-refractivity contribution is -0.162. The van der Waals surface area contributed by atoms with E-state index in [-0.39, 0.29) is 5.92 Å². The van der Waals surface area contributed by atoms with Gasteiger partial charge in [0, 0.05) is 18.6 Å². The van der Waals surface area contributed by atoms with E-state index < -0.39 is 18.2 Å². The maximum absolute atomic E-state index is 13.1. The van der Waals surface area contributed by atoms with E-state index in [2.05, 4.69) is 18.7 Å². The molecule has 0 amide bonds. The number of hydrogen-bond acceptors (Lipinski definition) is 4. The first-order valence-corrected chi connectivity index (χ1v) is 12.9. The van der Waals surface area contributed by atoms with Gasteiger partial charge in [-0.05, 0) is 37.0 Å². The van der Waals surface area contributed by atoms with Crippen LogP contribution >= 0.6 is 0 Å². The first-order chi connectivity index (χ1) is 17.1. The van der Waals surface area contributed by atoms with Gasteiger partial charge in [-0.3, -0.25) is 0 Å². The zero-order valence-corrected chi connectivity index (χ0v) is 21.9. The quantitative estimate of drug-likeness (QED) is 0.142. The van der Waals surface area contributed by atoms with Gasteiger partial charge in [-0.2, -0.15) is 0 Å². The molecule has 4 nitrogen and oxygen atoms in total. The first kappa shape index (κ1) is 28.6. The van der Waals surface area contributed by atoms with Gasteiger partial charge in [-0.25, -0.2) is 4.79 Å². The minimum Gasteiger partial charge on any atom is -0.455 e. The van der Waals surface area contributed by atoms with Crippen molar-refractivity contribution in [3.05, 3.63) is 89.2 Å². The Hall–Kier alpha value is -2.65. The Morgan fingerprint density at radius 2 is 1.63 bits per heavy atom. The standard InChI is InChI=1S/C31H42O4/c1-5-6-7-8-9-10-13-18-25(2)29(26(3)23-34-24-27-19-14-11-15-20-27)35-31(32)30(33-4)28-21-16-12-17-22-28/h11-17,19-22,26,29-30H,5-10,23-24H2,1-4H3/t18?,26-,29+,30+/m0/s1. The molecule has 0 spiro atoms. The van der Waals surface area contributed by atoms with Crippen LogP contribution in [0, 0.1) is 5.92 Å². The Morgan fingerprint density at radius 1 is 0.971 bits per heavy atom. The molecule has 2 rings (SSSR count). The van der Waals surface area contributed by atoms with Crippen molar-refractivity contribution in [1.82, 2.24) is 0 Å². The number of unbranched alkanes of at least 4 members (excludes halogenated alkanes) is 5. The molecule has 0 aliphatic carbocycles. The van der Waals surface area contributed by atoms with Crippen LogP contribution < -0.4 is 0 Å². The lowest BCUT2D eigenvalue weighted by atomic mass is 9.98. The second kappa shape index (κ2) is 16.9. The summed E-state index contributed by atoms with van der Waals surface area (Å²) in [6.45, 7) is 7.23. The van der Waals surface area contributed by atoms with Crippen molar-refractivity contribution in [1.29, 1.82) is 0 Å². The average molecular weight is 479 g/mol. The molecule has 0 N–H and O–H groups in total. The van der Waals surface area contributed by atoms with Crippen LogP contribution in [0.5, 0.6) is 0 Å². The monoisotopic (exact) mass is 478 g/mol. The van der Waals surface area contributed by atoms with E-state index in [9.17, 15) is 4.79 Å². The van der Waals surface area contributed by atoms with E-state index in [4.69, 9.17) is 14.2 Å². The van der Waals surface area contributed by atoms with E-state index in [0.29, 0.717) is 13.2 Å². The normalized spacial score (nSPS) is 13.4. The predicted octanol–water partition coefficient (Wildman–Crippen LogP) is 7.60. The van der Waals surface area contributed by atoms with Crippen molar-refractivity contribution >= 4 is 5.97 Å². The largest absolute Gasteiger partial charge is 0.455 e. The molecule has 0 radical (unpaired) electrons. The van der Waals surface area contributed by atoms with Crippen LogP contribution in [0.15, 0.2) is 78.0 Å². The summed E-state index contributed by atoms with van der Waals surface area (Å²) >= 11 is 0. The fraction of sp³-hybridized carbons (Fsp3) is 0.484. The Bertz CT molecular complexity index is 900. The summed E-state index contributed by atoms with van der Waals surface area (Å²) < 4.78 is 17.5. The van der Waals surface area contributed by atoms with Crippen molar-refractivity contribution < 1.29 is 19.0 Å². The smallest absolute Gasteiger partial charge is 0.340 e. The number of rotatable bonds is 16. The van der Waals surface area contributed by atoms with Gasteiger partial charge in [-0.15, -0.1) is 5.73 Å². The highest BCUT2D eigenvalue weighted by Crippen LogP contribution is 2.24. The molecule has 3 atom stereocenters. The fourth-order valence-electron chi connectivity index (χ4n) is 4.00. The van der Waals surface area contributed by atoms with Crippen LogP contribution in [0.25, 0.3) is 0 Å². The fourth-order valence-corrected chi connectivity index (χ4v) is 4.00. The third-order valence-electron chi connectivity index (χ3n) is 6.01. The van der Waals surface area contributed by atoms with Crippen LogP contribution in [0.3, 0.4) is 0 Å². The topological polar surface area (TPSA) is 44.8 Å². The van der Waals surface area contributed by atoms with Crippen molar-refractivity contribution in [2.75, 3.05) is 13.7 Å². The highest BCUT2D eigenvalue weighted by atomic mass is 16.6. The van der Waals surface area contributed by atoms with Gasteiger partial charge in [0.2, 0.25) is 0 Å². The molecule has 0 unspecified atom stereocenters. The minimum absolute atomic E-state index is 0.0404. The van der Waals surface area contributed by atoms with E-state index in [0.717, 1.165) is 29.5 Å². The Labute approximate surface area is 212 Å². The molecule has 0 fully saturated rings. The summed E-state index contributed by atoms with van der Waals surface area (Å²) in [5.41, 5.74) is 6.17. The molecule has 2 aromatic carbocycles. The number of hydrogen-bond donors (Lipinski definition) is 0. The molecule has 0 heterocycles. The Balaban J connectivity index is 2.07. The van der Waals surface area contributed by atoms with Gasteiger partial charge in [0.15, 0.2) is 6.10 Å². The zero-order chi connectivity index (χ0) is 25.3. The molecule has 35 heavy (non-hydrogen) atoms. The number of methoxy groups -OCH3 is 1. The van der Waals surface area contributed by atoms with Crippen LogP contribution in [0.2, 0.25) is 0 Å². The summed E-state index contributed by atoms with van der Waals surface area (Å²) in [5, 5.41) is 0. The van der Waals surface area contributed by atoms with Gasteiger partial charge in [0.1, 0.15) is 6.10 Å². The molecular formula is C31H42O4. The molecule has 0 aliphatic rings. The predicted molar refractivity (Wildman–Crippen MR) is 142 cm³/mol. The Kier molecular flexibility index (Phi) is 13.8. The van der Waals surface area contributed by atoms with Crippen molar-refractivity contribution in [2.45, 2.75) is 78.1 Å². The second-order valence-electron chi connectivity index (χ2n) is 9.10. The summed E-state index contributed by atoms with van der Waals surface area (Å²) in [5.74, 6) is -0.444. The van der Waals surface area contributed by atoms with Gasteiger partial charge in [0.05, 0.1) is 13.2 Å². The highest BCUT2D eigenvalue weighted by molar-refractivity contribution is 5.77. The summed E-state index contributed by atoms with van der Waals surface area (Å²) in [6, 6.07) is 19.5. The number of benzene rings is 2. The minimum atomic E-state index is -0.772. The molecule has 4 heteroatoms. The number of carbonyl (C=O) groups excluding carboxylic acids is 1. The molecule has 0 aromatic heterocycles. The first-order valence-electron chi connectivity index (χ1n) is 12.9. The maximum atomic E-state index is 13.1. The lowest BCUT2D eigenvalue weighted by Crippen LogP contribution is -2.32. The van der Waals surface area contributed by atoms with Gasteiger partial charge >= 0.3 is 5.97 Å². The second-order valence-corrected chi connectivity index (χ2v) is 9.10. The van der Waals surface area contributed by atoms with Crippen LogP contribution in [-0.2, 0) is 25.6 Å². The summed E-state index contributed by atoms with van der Waals surface area (Å²) in [6.07, 6.45) is 8.04. The van der Waals surface area contributed by atoms with Gasteiger partial charge in [0.25, 0.3) is 0 Å². The third-order valence-corrected chi connectivity index (χ3v) is 6.01. The molecule has 2 aromatic rings. The van der Waals surface area contributed by atoms with E-state index >= 15 is 0 Å². The van der Waals surface area contributed by atoms with Crippen molar-refractivity contribution in [2.24, 2.45) is 5.92 Å². The van der Waals surface area contributed by atoms with E-state index in [1.165, 1.54) is 32.8 Å². The van der Waals surface area contributed by atoms with Crippen LogP contribution in [-0.4, -0.2) is 25.8 Å². The van der Waals surface area contributed by atoms with Crippen LogP contribution in [0.1, 0.15) is 76.5 Å². The van der Waals surface area contributed by atoms with E-state index in [1.54, 1.807) is 0 Å². The number of carbonyl (C=O) groups is 1. The molecular weight excluding hydrogens is 436 g/mol. The van der Waals surface area contributed by atoms with Crippen molar-refractivity contribution in [3.63, 3.8) is 0 Å². The summed E-state index contributed by atoms with van der Waals surface area (Å²) in [7, 11) is 1.53. The SMILES string of the molecule is CCCCCCCC=C=C(C)[C@@H](OC(=O)[C@H](OC)c1ccccc1)[C@@H](C)COCc1ccccc1. The highest BCUT2D eigenvalue weighted by Gasteiger charge is 2.29. The van der Waals surface area contributed by atoms with Crippen molar-refractivity contribution in [3.8, 4) is 0 Å². The average Bonchev–Trinajstić information content (AvgIpc) is 2.88. The van der Waals surface area contributed by atoms with Crippen LogP contribution in [0.4, 0.5) is 0 Å². The lowest BCUT2D eigenvalue weighted by Gasteiger charge is -2.26. The maximum Gasteiger partial charge on any atom is 0.340 e. The molecule has 0 saturated heterocycles. The van der Waals surface area contributed by atoms with Gasteiger partial charge in [-0.1, -0.05) is 100 Å². The molecule has 190 valence electrons. The molecule has 0 bridgehead atoms. The Morgan fingerprint density at radius 3 is 2.29 bits per heavy atom. The molecule has 0 saturated carbocycles. The number of ether oxygens (including phenoxy) is 3.